The van der Waals surface area contributed by atoms with Crippen molar-refractivity contribution in [3.8, 4) is 22.6 Å². The van der Waals surface area contributed by atoms with Crippen molar-refractivity contribution in [3.05, 3.63) is 58.4 Å². The summed E-state index contributed by atoms with van der Waals surface area (Å²) in [6, 6.07) is 4.91. The highest BCUT2D eigenvalue weighted by molar-refractivity contribution is 5.69. The lowest BCUT2D eigenvalue weighted by atomic mass is 10.0. The number of nitrogens with zero attached hydrogens (tertiary/aromatic N) is 2. The monoisotopic (exact) mass is 418 g/mol. The molecular formula is C18H12F6N2O3. The summed E-state index contributed by atoms with van der Waals surface area (Å²) in [4.78, 5) is 16.2. The molecule has 0 aliphatic heterocycles. The lowest BCUT2D eigenvalue weighted by Gasteiger charge is -2.15. The van der Waals surface area contributed by atoms with E-state index in [2.05, 4.69) is 9.72 Å². The van der Waals surface area contributed by atoms with Crippen LogP contribution in [0.4, 0.5) is 26.3 Å². The Morgan fingerprint density at radius 3 is 2.45 bits per heavy atom. The summed E-state index contributed by atoms with van der Waals surface area (Å²) in [7, 11) is 1.29. The molecule has 0 amide bonds. The predicted octanol–water partition coefficient (Wildman–Crippen LogP) is 4.17. The molecule has 0 radical (unpaired) electrons. The Morgan fingerprint density at radius 2 is 1.86 bits per heavy atom. The summed E-state index contributed by atoms with van der Waals surface area (Å²) in [5.41, 5.74) is -4.80. The largest absolute Gasteiger partial charge is 0.497 e. The Hall–Kier alpha value is -3.24. The van der Waals surface area contributed by atoms with Gasteiger partial charge >= 0.3 is 6.18 Å². The maximum absolute atomic E-state index is 14.5. The third-order valence-electron chi connectivity index (χ3n) is 3.89. The van der Waals surface area contributed by atoms with Crippen LogP contribution in [0.25, 0.3) is 16.8 Å². The van der Waals surface area contributed by atoms with Gasteiger partial charge in [-0.15, -0.1) is 0 Å². The molecule has 2 heterocycles. The van der Waals surface area contributed by atoms with E-state index in [1.54, 1.807) is 0 Å². The molecule has 0 spiro atoms. The van der Waals surface area contributed by atoms with Crippen LogP contribution in [0.15, 0.2) is 41.3 Å². The quantitative estimate of drug-likeness (QED) is 0.584. The van der Waals surface area contributed by atoms with Crippen LogP contribution in [0.1, 0.15) is 5.69 Å². The highest BCUT2D eigenvalue weighted by Crippen LogP contribution is 2.36. The summed E-state index contributed by atoms with van der Waals surface area (Å²) in [6.07, 6.45) is -6.74. The second-order valence-corrected chi connectivity index (χ2v) is 5.78. The number of hydrogen-bond donors (Lipinski definition) is 0. The average molecular weight is 418 g/mol. The number of halogens is 6. The minimum atomic E-state index is -5.07. The van der Waals surface area contributed by atoms with E-state index in [1.807, 2.05) is 0 Å². The van der Waals surface area contributed by atoms with E-state index in [4.69, 9.17) is 4.74 Å². The van der Waals surface area contributed by atoms with Crippen LogP contribution in [-0.4, -0.2) is 29.5 Å². The number of hydrogen-bond acceptors (Lipinski definition) is 4. The van der Waals surface area contributed by atoms with Crippen molar-refractivity contribution >= 4 is 5.65 Å². The van der Waals surface area contributed by atoms with Gasteiger partial charge in [-0.1, -0.05) is 0 Å². The fraction of sp³-hybridized carbons (Fsp3) is 0.222. The van der Waals surface area contributed by atoms with Crippen LogP contribution in [0.3, 0.4) is 0 Å². The zero-order valence-electron chi connectivity index (χ0n) is 14.6. The lowest BCUT2D eigenvalue weighted by molar-refractivity contribution is -0.140. The molecule has 0 saturated heterocycles. The van der Waals surface area contributed by atoms with Crippen molar-refractivity contribution in [2.75, 3.05) is 13.7 Å². The average Bonchev–Trinajstić information content (AvgIpc) is 2.65. The van der Waals surface area contributed by atoms with Crippen molar-refractivity contribution in [2.24, 2.45) is 0 Å². The van der Waals surface area contributed by atoms with E-state index in [-0.39, 0.29) is 17.1 Å². The molecule has 11 heteroatoms. The molecule has 0 unspecified atom stereocenters. The van der Waals surface area contributed by atoms with E-state index < -0.39 is 47.4 Å². The molecule has 0 saturated carbocycles. The van der Waals surface area contributed by atoms with Crippen molar-refractivity contribution in [2.45, 2.75) is 12.6 Å². The number of methoxy groups -OCH3 is 1. The van der Waals surface area contributed by atoms with Crippen LogP contribution >= 0.6 is 0 Å². The molecule has 1 aromatic carbocycles. The number of benzene rings is 1. The molecule has 3 aromatic rings. The zero-order valence-corrected chi connectivity index (χ0v) is 14.6. The van der Waals surface area contributed by atoms with Gasteiger partial charge in [0.05, 0.1) is 12.7 Å². The van der Waals surface area contributed by atoms with Crippen LogP contribution in [0, 0.1) is 5.82 Å². The van der Waals surface area contributed by atoms with Gasteiger partial charge in [-0.05, 0) is 18.2 Å². The van der Waals surface area contributed by atoms with E-state index in [9.17, 15) is 31.1 Å². The third-order valence-corrected chi connectivity index (χ3v) is 3.89. The summed E-state index contributed by atoms with van der Waals surface area (Å²) in [5.74, 6) is -1.40. The number of alkyl halides is 5. The van der Waals surface area contributed by atoms with Gasteiger partial charge in [0.2, 0.25) is 0 Å². The van der Waals surface area contributed by atoms with Crippen molar-refractivity contribution < 1.29 is 35.8 Å². The highest BCUT2D eigenvalue weighted by Gasteiger charge is 2.38. The Balaban J connectivity index is 2.23. The molecule has 0 fully saturated rings. The Morgan fingerprint density at radius 1 is 1.14 bits per heavy atom. The molecule has 0 bridgehead atoms. The minimum absolute atomic E-state index is 0.171. The predicted molar refractivity (Wildman–Crippen MR) is 89.9 cm³/mol. The van der Waals surface area contributed by atoms with Gasteiger partial charge in [0.15, 0.2) is 5.69 Å². The summed E-state index contributed by atoms with van der Waals surface area (Å²) in [6.45, 7) is -1.02. The number of aromatic nitrogens is 2. The van der Waals surface area contributed by atoms with E-state index in [0.29, 0.717) is 6.07 Å². The molecule has 5 nitrogen and oxygen atoms in total. The van der Waals surface area contributed by atoms with Gasteiger partial charge in [-0.25, -0.2) is 18.2 Å². The van der Waals surface area contributed by atoms with Crippen LogP contribution < -0.4 is 15.0 Å². The first-order valence-electron chi connectivity index (χ1n) is 8.00. The smallest absolute Gasteiger partial charge is 0.434 e. The third kappa shape index (κ3) is 4.13. The van der Waals surface area contributed by atoms with Crippen LogP contribution in [0.2, 0.25) is 0 Å². The fourth-order valence-corrected chi connectivity index (χ4v) is 2.64. The Labute approximate surface area is 159 Å². The number of ether oxygens (including phenoxy) is 2. The molecule has 0 aliphatic carbocycles. The van der Waals surface area contributed by atoms with Gasteiger partial charge in [-0.2, -0.15) is 13.2 Å². The first kappa shape index (κ1) is 20.5. The van der Waals surface area contributed by atoms with E-state index >= 15 is 0 Å². The zero-order chi connectivity index (χ0) is 21.3. The molecule has 0 N–H and O–H groups in total. The van der Waals surface area contributed by atoms with Crippen molar-refractivity contribution in [3.63, 3.8) is 0 Å². The topological polar surface area (TPSA) is 52.8 Å². The van der Waals surface area contributed by atoms with Gasteiger partial charge < -0.3 is 9.47 Å². The first-order chi connectivity index (χ1) is 13.6. The molecule has 0 aliphatic rings. The molecule has 2 aromatic heterocycles. The fourth-order valence-electron chi connectivity index (χ4n) is 2.64. The number of fused-ring (bicyclic) bond motifs is 1. The minimum Gasteiger partial charge on any atom is -0.497 e. The van der Waals surface area contributed by atoms with Crippen molar-refractivity contribution in [1.29, 1.82) is 0 Å². The first-order valence-corrected chi connectivity index (χ1v) is 8.00. The van der Waals surface area contributed by atoms with Gasteiger partial charge in [-0.3, -0.25) is 9.20 Å². The maximum Gasteiger partial charge on any atom is 0.434 e. The second kappa shape index (κ2) is 7.64. The van der Waals surface area contributed by atoms with Crippen molar-refractivity contribution in [1.82, 2.24) is 9.38 Å². The SMILES string of the molecule is COc1ccn2c(=O)c(-c3ccc(OCC(F)F)cc3F)c(C(F)(F)F)nc2c1. The molecule has 0 atom stereocenters. The van der Waals surface area contributed by atoms with E-state index in [0.717, 1.165) is 28.8 Å². The molecule has 154 valence electrons. The maximum atomic E-state index is 14.5. The van der Waals surface area contributed by atoms with Gasteiger partial charge in [0, 0.05) is 23.9 Å². The number of rotatable bonds is 5. The summed E-state index contributed by atoms with van der Waals surface area (Å²) >= 11 is 0. The normalized spacial score (nSPS) is 11.9. The Kier molecular flexibility index (Phi) is 5.40. The lowest BCUT2D eigenvalue weighted by Crippen LogP contribution is -2.24. The second-order valence-electron chi connectivity index (χ2n) is 5.78. The van der Waals surface area contributed by atoms with Crippen LogP contribution in [0.5, 0.6) is 11.5 Å². The van der Waals surface area contributed by atoms with Crippen LogP contribution in [-0.2, 0) is 6.18 Å². The number of pyridine rings is 1. The summed E-state index contributed by atoms with van der Waals surface area (Å²) in [5, 5.41) is 0. The highest BCUT2D eigenvalue weighted by atomic mass is 19.4. The molecule has 29 heavy (non-hydrogen) atoms. The summed E-state index contributed by atoms with van der Waals surface area (Å²) < 4.78 is 90.0. The standard InChI is InChI=1S/C18H12F6N2O3/c1-28-9-4-5-26-14(7-9)25-16(18(22,23)24)15(17(26)27)11-3-2-10(6-12(11)19)29-8-13(20)21/h2-7,13H,8H2,1H3. The van der Waals surface area contributed by atoms with E-state index in [1.165, 1.54) is 13.2 Å². The van der Waals surface area contributed by atoms with Gasteiger partial charge in [0.1, 0.15) is 29.6 Å². The van der Waals surface area contributed by atoms with Gasteiger partial charge in [0.25, 0.3) is 12.0 Å². The molecular weight excluding hydrogens is 406 g/mol. The Bertz CT molecular complexity index is 1110. The molecule has 3 rings (SSSR count).